The van der Waals surface area contributed by atoms with Gasteiger partial charge in [0.15, 0.2) is 10.6 Å². The summed E-state index contributed by atoms with van der Waals surface area (Å²) >= 11 is 1.12. The molecule has 0 saturated carbocycles. The topological polar surface area (TPSA) is 124 Å². The van der Waals surface area contributed by atoms with E-state index in [0.29, 0.717) is 28.3 Å². The number of aromatic nitrogens is 3. The number of fused-ring (bicyclic) bond motifs is 3. The van der Waals surface area contributed by atoms with E-state index in [1.54, 1.807) is 6.92 Å². The van der Waals surface area contributed by atoms with Crippen LogP contribution >= 0.6 is 11.3 Å². The number of rotatable bonds is 2. The van der Waals surface area contributed by atoms with E-state index in [4.69, 9.17) is 15.0 Å². The summed E-state index contributed by atoms with van der Waals surface area (Å²) in [6.07, 6.45) is 0.461. The summed E-state index contributed by atoms with van der Waals surface area (Å²) < 4.78 is 25.1. The van der Waals surface area contributed by atoms with E-state index < -0.39 is 17.3 Å². The number of hydrogen-bond acceptors (Lipinski definition) is 8. The van der Waals surface area contributed by atoms with E-state index in [-0.39, 0.29) is 28.9 Å². The highest BCUT2D eigenvalue weighted by molar-refractivity contribution is 7.17. The third-order valence-electron chi connectivity index (χ3n) is 4.22. The van der Waals surface area contributed by atoms with Crippen LogP contribution in [0.1, 0.15) is 39.7 Å². The number of amides is 1. The van der Waals surface area contributed by atoms with Crippen molar-refractivity contribution in [3.63, 3.8) is 0 Å². The first-order chi connectivity index (χ1) is 13.7. The number of benzene rings is 1. The van der Waals surface area contributed by atoms with Crippen molar-refractivity contribution in [2.24, 2.45) is 5.73 Å². The highest BCUT2D eigenvalue weighted by Crippen LogP contribution is 2.40. The van der Waals surface area contributed by atoms with Gasteiger partial charge in [0.05, 0.1) is 22.7 Å². The fraction of sp³-hybridized carbons (Fsp3) is 0.263. The number of primary amides is 1. The number of nitrogens with two attached hydrogens (primary N) is 1. The number of halogens is 1. The highest BCUT2D eigenvalue weighted by Gasteiger charge is 2.27. The lowest BCUT2D eigenvalue weighted by Crippen LogP contribution is -2.20. The summed E-state index contributed by atoms with van der Waals surface area (Å²) in [5.74, 6) is 4.55. The molecule has 3 aromatic rings. The molecule has 8 nitrogen and oxygen atoms in total. The first-order valence-corrected chi connectivity index (χ1v) is 9.39. The first-order valence-electron chi connectivity index (χ1n) is 8.57. The molecule has 0 bridgehead atoms. The van der Waals surface area contributed by atoms with Crippen LogP contribution in [-0.2, 0) is 12.0 Å². The van der Waals surface area contributed by atoms with Gasteiger partial charge in [0.1, 0.15) is 11.6 Å². The van der Waals surface area contributed by atoms with Gasteiger partial charge in [-0.3, -0.25) is 4.79 Å². The van der Waals surface area contributed by atoms with Crippen LogP contribution in [0.4, 0.5) is 4.39 Å². The van der Waals surface area contributed by atoms with Crippen LogP contribution in [0.2, 0.25) is 0 Å². The predicted molar refractivity (Wildman–Crippen MR) is 101 cm³/mol. The van der Waals surface area contributed by atoms with Gasteiger partial charge in [-0.25, -0.2) is 9.37 Å². The Morgan fingerprint density at radius 3 is 2.90 bits per heavy atom. The Balaban J connectivity index is 1.79. The molecule has 1 aliphatic rings. The van der Waals surface area contributed by atoms with E-state index in [0.717, 1.165) is 11.3 Å². The molecule has 3 N–H and O–H groups in total. The third-order valence-corrected chi connectivity index (χ3v) is 5.37. The van der Waals surface area contributed by atoms with Crippen molar-refractivity contribution in [2.45, 2.75) is 25.9 Å². The monoisotopic (exact) mass is 414 g/mol. The molecule has 0 radical (unpaired) electrons. The minimum atomic E-state index is -1.73. The Hall–Kier alpha value is -3.29. The van der Waals surface area contributed by atoms with Crippen LogP contribution in [0, 0.1) is 24.6 Å². The standard InChI is InChI=1S/C19H15FN4O4S/c1-9-22-18(24-28-9)19(2,26)5-3-10-7-11-14(8-12(10)20)27-6-4-13-15(11)29-17(23-13)16(21)25/h7-8,26H,4,6H2,1-2H3,(H2,21,25)/t19-/m1/s1. The molecule has 1 amide bonds. The number of thiazole rings is 1. The largest absolute Gasteiger partial charge is 0.492 e. The van der Waals surface area contributed by atoms with E-state index in [2.05, 4.69) is 27.0 Å². The summed E-state index contributed by atoms with van der Waals surface area (Å²) in [5, 5.41) is 14.3. The van der Waals surface area contributed by atoms with Crippen LogP contribution in [-0.4, -0.2) is 32.7 Å². The fourth-order valence-electron chi connectivity index (χ4n) is 2.78. The summed E-state index contributed by atoms with van der Waals surface area (Å²) in [6.45, 7) is 3.26. The van der Waals surface area contributed by atoms with Gasteiger partial charge in [0.2, 0.25) is 11.7 Å². The van der Waals surface area contributed by atoms with Crippen LogP contribution in [0.25, 0.3) is 10.4 Å². The molecular weight excluding hydrogens is 399 g/mol. The number of aliphatic hydroxyl groups is 1. The third kappa shape index (κ3) is 3.57. The minimum absolute atomic E-state index is 0.0168. The second kappa shape index (κ2) is 6.95. The van der Waals surface area contributed by atoms with Crippen molar-refractivity contribution < 1.29 is 23.6 Å². The minimum Gasteiger partial charge on any atom is -0.492 e. The SMILES string of the molecule is Cc1nc([C@](C)(O)C#Cc2cc3c(cc2F)OCCc2nc(C(N)=O)sc2-3)no1. The van der Waals surface area contributed by atoms with Crippen molar-refractivity contribution in [2.75, 3.05) is 6.61 Å². The Bertz CT molecular complexity index is 1190. The Kier molecular flexibility index (Phi) is 4.56. The first kappa shape index (κ1) is 19.0. The fourth-order valence-corrected chi connectivity index (χ4v) is 3.77. The van der Waals surface area contributed by atoms with Crippen molar-refractivity contribution in [3.05, 3.63) is 45.9 Å². The molecular formula is C19H15FN4O4S. The number of hydrogen-bond donors (Lipinski definition) is 2. The molecule has 0 unspecified atom stereocenters. The van der Waals surface area contributed by atoms with Crippen LogP contribution in [0.15, 0.2) is 16.7 Å². The number of aryl methyl sites for hydroxylation is 1. The molecule has 0 saturated heterocycles. The second-order valence-corrected chi connectivity index (χ2v) is 7.54. The van der Waals surface area contributed by atoms with Gasteiger partial charge in [-0.05, 0) is 13.0 Å². The van der Waals surface area contributed by atoms with E-state index in [9.17, 15) is 14.3 Å². The molecule has 10 heteroatoms. The maximum absolute atomic E-state index is 14.6. The Morgan fingerprint density at radius 2 is 2.21 bits per heavy atom. The van der Waals surface area contributed by atoms with Crippen molar-refractivity contribution >= 4 is 17.2 Å². The van der Waals surface area contributed by atoms with Gasteiger partial charge < -0.3 is 20.1 Å². The number of ether oxygens (including phenoxy) is 1. The van der Waals surface area contributed by atoms with Crippen LogP contribution in [0.5, 0.6) is 5.75 Å². The molecule has 0 aliphatic carbocycles. The van der Waals surface area contributed by atoms with Crippen LogP contribution in [0.3, 0.4) is 0 Å². The molecule has 148 valence electrons. The van der Waals surface area contributed by atoms with Gasteiger partial charge in [-0.2, -0.15) is 4.98 Å². The van der Waals surface area contributed by atoms with Gasteiger partial charge in [-0.1, -0.05) is 17.0 Å². The van der Waals surface area contributed by atoms with Crippen LogP contribution < -0.4 is 10.5 Å². The average molecular weight is 414 g/mol. The van der Waals surface area contributed by atoms with Gasteiger partial charge in [-0.15, -0.1) is 11.3 Å². The molecule has 0 spiro atoms. The number of nitrogens with zero attached hydrogens (tertiary/aromatic N) is 3. The summed E-state index contributed by atoms with van der Waals surface area (Å²) in [7, 11) is 0. The van der Waals surface area contributed by atoms with Crippen molar-refractivity contribution in [1.29, 1.82) is 0 Å². The molecule has 29 heavy (non-hydrogen) atoms. The molecule has 4 rings (SSSR count). The number of carbonyl (C=O) groups is 1. The van der Waals surface area contributed by atoms with E-state index in [1.807, 2.05) is 0 Å². The van der Waals surface area contributed by atoms with Crippen molar-refractivity contribution in [3.8, 4) is 28.0 Å². The normalized spacial score (nSPS) is 14.5. The molecule has 1 aliphatic heterocycles. The molecule has 3 heterocycles. The lowest BCUT2D eigenvalue weighted by atomic mass is 10.0. The molecule has 0 fully saturated rings. The lowest BCUT2D eigenvalue weighted by molar-refractivity contribution is 0.0999. The quantitative estimate of drug-likeness (QED) is 0.614. The predicted octanol–water partition coefficient (Wildman–Crippen LogP) is 1.93. The van der Waals surface area contributed by atoms with Crippen molar-refractivity contribution in [1.82, 2.24) is 15.1 Å². The summed E-state index contributed by atoms with van der Waals surface area (Å²) in [6, 6.07) is 2.73. The van der Waals surface area contributed by atoms with E-state index >= 15 is 0 Å². The van der Waals surface area contributed by atoms with E-state index in [1.165, 1.54) is 19.1 Å². The molecule has 1 atom stereocenters. The lowest BCUT2D eigenvalue weighted by Gasteiger charge is -2.11. The maximum atomic E-state index is 14.6. The zero-order valence-corrected chi connectivity index (χ0v) is 16.3. The van der Waals surface area contributed by atoms with Gasteiger partial charge >= 0.3 is 0 Å². The van der Waals surface area contributed by atoms with Gasteiger partial charge in [0, 0.05) is 25.0 Å². The average Bonchev–Trinajstić information content (AvgIpc) is 3.25. The summed E-state index contributed by atoms with van der Waals surface area (Å²) in [5.41, 5.74) is 4.86. The summed E-state index contributed by atoms with van der Waals surface area (Å²) in [4.78, 5) is 20.4. The Morgan fingerprint density at radius 1 is 1.41 bits per heavy atom. The highest BCUT2D eigenvalue weighted by atomic mass is 32.1. The smallest absolute Gasteiger partial charge is 0.277 e. The zero-order valence-electron chi connectivity index (χ0n) is 15.4. The second-order valence-electron chi connectivity index (χ2n) is 6.54. The van der Waals surface area contributed by atoms with Gasteiger partial charge in [0.25, 0.3) is 5.91 Å². The number of carbonyl (C=O) groups excluding carboxylic acids is 1. The Labute approximate surface area is 168 Å². The maximum Gasteiger partial charge on any atom is 0.277 e. The zero-order chi connectivity index (χ0) is 20.8. The molecule has 2 aromatic heterocycles. The molecule has 1 aromatic carbocycles.